The summed E-state index contributed by atoms with van der Waals surface area (Å²) in [7, 11) is 3.77. The highest BCUT2D eigenvalue weighted by molar-refractivity contribution is 6.46. The molecule has 0 aromatic heterocycles. The molecule has 27 heavy (non-hydrogen) atoms. The number of amides is 1. The number of nitrogens with zero attached hydrogens (tertiary/aromatic N) is 2. The third-order valence-corrected chi connectivity index (χ3v) is 4.58. The summed E-state index contributed by atoms with van der Waals surface area (Å²) in [5.41, 5.74) is 1.20. The Bertz CT molecular complexity index is 873. The van der Waals surface area contributed by atoms with Gasteiger partial charge < -0.3 is 20.0 Å². The normalized spacial score (nSPS) is 19.1. The Hall–Kier alpha value is -3.12. The fourth-order valence-corrected chi connectivity index (χ4v) is 3.17. The van der Waals surface area contributed by atoms with E-state index in [1.165, 1.54) is 17.0 Å². The van der Waals surface area contributed by atoms with Crippen molar-refractivity contribution in [2.75, 3.05) is 27.2 Å². The van der Waals surface area contributed by atoms with E-state index in [1.807, 2.05) is 25.1 Å². The SMILES string of the molecule is CN(C)CCN1C(=O)C(=O)/C(=C(\O)c2ccccc2)C1c1ccc(O)cc1. The highest BCUT2D eigenvalue weighted by Gasteiger charge is 2.45. The van der Waals surface area contributed by atoms with Crippen LogP contribution in [0.25, 0.3) is 5.76 Å². The second-order valence-corrected chi connectivity index (χ2v) is 6.75. The number of Topliss-reactive ketones (excluding diaryl/α,β-unsaturated/α-hetero) is 1. The average molecular weight is 366 g/mol. The van der Waals surface area contributed by atoms with Gasteiger partial charge in [0.2, 0.25) is 0 Å². The van der Waals surface area contributed by atoms with E-state index < -0.39 is 17.7 Å². The lowest BCUT2D eigenvalue weighted by atomic mass is 9.95. The number of phenolic OH excluding ortho intramolecular Hbond substituents is 1. The van der Waals surface area contributed by atoms with Crippen molar-refractivity contribution in [2.24, 2.45) is 0 Å². The Labute approximate surface area is 158 Å². The molecule has 1 aliphatic rings. The number of ketones is 1. The molecule has 1 unspecified atom stereocenters. The van der Waals surface area contributed by atoms with E-state index in [-0.39, 0.29) is 17.1 Å². The zero-order chi connectivity index (χ0) is 19.6. The molecule has 0 radical (unpaired) electrons. The largest absolute Gasteiger partial charge is 0.508 e. The summed E-state index contributed by atoms with van der Waals surface area (Å²) in [5.74, 6) is -1.44. The number of benzene rings is 2. The summed E-state index contributed by atoms with van der Waals surface area (Å²) < 4.78 is 0. The van der Waals surface area contributed by atoms with Gasteiger partial charge in [-0.1, -0.05) is 42.5 Å². The van der Waals surface area contributed by atoms with E-state index in [1.54, 1.807) is 36.4 Å². The van der Waals surface area contributed by atoms with Crippen LogP contribution in [0, 0.1) is 0 Å². The van der Waals surface area contributed by atoms with Crippen LogP contribution in [0.5, 0.6) is 5.75 Å². The van der Waals surface area contributed by atoms with Gasteiger partial charge in [0.1, 0.15) is 11.5 Å². The summed E-state index contributed by atoms with van der Waals surface area (Å²) in [6.45, 7) is 0.918. The standard InChI is InChI=1S/C21H22N2O4/c1-22(2)12-13-23-18(14-8-10-16(24)11-9-14)17(20(26)21(23)27)19(25)15-6-4-3-5-7-15/h3-11,18,24-25H,12-13H2,1-2H3/b19-17-. The van der Waals surface area contributed by atoms with Crippen molar-refractivity contribution in [1.82, 2.24) is 9.80 Å². The Morgan fingerprint density at radius 3 is 2.26 bits per heavy atom. The Balaban J connectivity index is 2.13. The number of carbonyl (C=O) groups excluding carboxylic acids is 2. The maximum absolute atomic E-state index is 12.8. The van der Waals surface area contributed by atoms with Crippen LogP contribution in [0.3, 0.4) is 0 Å². The zero-order valence-corrected chi connectivity index (χ0v) is 15.3. The number of aliphatic hydroxyl groups is 1. The van der Waals surface area contributed by atoms with Crippen LogP contribution in [0.1, 0.15) is 17.2 Å². The molecule has 6 nitrogen and oxygen atoms in total. The quantitative estimate of drug-likeness (QED) is 0.482. The lowest BCUT2D eigenvalue weighted by Crippen LogP contribution is -2.35. The van der Waals surface area contributed by atoms with E-state index in [0.717, 1.165) is 0 Å². The highest BCUT2D eigenvalue weighted by Crippen LogP contribution is 2.39. The maximum atomic E-state index is 12.8. The van der Waals surface area contributed by atoms with Crippen LogP contribution in [0.15, 0.2) is 60.2 Å². The molecule has 0 saturated carbocycles. The first-order valence-electron chi connectivity index (χ1n) is 8.67. The van der Waals surface area contributed by atoms with Gasteiger partial charge in [0.05, 0.1) is 11.6 Å². The van der Waals surface area contributed by atoms with Gasteiger partial charge in [-0.05, 0) is 31.8 Å². The summed E-state index contributed by atoms with van der Waals surface area (Å²) in [4.78, 5) is 28.8. The van der Waals surface area contributed by atoms with Crippen LogP contribution in [0.2, 0.25) is 0 Å². The molecule has 0 bridgehead atoms. The number of hydrogen-bond donors (Lipinski definition) is 2. The number of likely N-dealkylation sites (N-methyl/N-ethyl adjacent to an activating group) is 1. The molecule has 2 aromatic rings. The molecular weight excluding hydrogens is 344 g/mol. The molecule has 2 aromatic carbocycles. The number of hydrogen-bond acceptors (Lipinski definition) is 5. The number of aliphatic hydroxyl groups excluding tert-OH is 1. The third kappa shape index (κ3) is 3.71. The van der Waals surface area contributed by atoms with E-state index in [2.05, 4.69) is 0 Å². The zero-order valence-electron chi connectivity index (χ0n) is 15.3. The Kier molecular flexibility index (Phi) is 5.28. The van der Waals surface area contributed by atoms with Gasteiger partial charge in [-0.2, -0.15) is 0 Å². The van der Waals surface area contributed by atoms with Crippen LogP contribution in [-0.2, 0) is 9.59 Å². The smallest absolute Gasteiger partial charge is 0.295 e. The molecule has 1 atom stereocenters. The first-order chi connectivity index (χ1) is 12.9. The highest BCUT2D eigenvalue weighted by atomic mass is 16.3. The third-order valence-electron chi connectivity index (χ3n) is 4.58. The molecule has 1 heterocycles. The van der Waals surface area contributed by atoms with Crippen molar-refractivity contribution in [1.29, 1.82) is 0 Å². The van der Waals surface area contributed by atoms with E-state index in [0.29, 0.717) is 24.2 Å². The minimum absolute atomic E-state index is 0.0654. The average Bonchev–Trinajstić information content (AvgIpc) is 2.91. The fraction of sp³-hybridized carbons (Fsp3) is 0.238. The molecule has 0 spiro atoms. The van der Waals surface area contributed by atoms with Crippen LogP contribution < -0.4 is 0 Å². The number of aromatic hydroxyl groups is 1. The van der Waals surface area contributed by atoms with Crippen LogP contribution in [-0.4, -0.2) is 58.9 Å². The molecule has 0 aliphatic carbocycles. The van der Waals surface area contributed by atoms with Crippen LogP contribution in [0.4, 0.5) is 0 Å². The number of carbonyl (C=O) groups is 2. The van der Waals surface area contributed by atoms with Gasteiger partial charge in [-0.15, -0.1) is 0 Å². The summed E-state index contributed by atoms with van der Waals surface area (Å²) in [5, 5.41) is 20.4. The topological polar surface area (TPSA) is 81.1 Å². The van der Waals surface area contributed by atoms with Gasteiger partial charge in [0.15, 0.2) is 0 Å². The van der Waals surface area contributed by atoms with Crippen molar-refractivity contribution in [3.63, 3.8) is 0 Å². The monoisotopic (exact) mass is 366 g/mol. The van der Waals surface area contributed by atoms with Gasteiger partial charge >= 0.3 is 0 Å². The second kappa shape index (κ2) is 7.63. The van der Waals surface area contributed by atoms with E-state index in [4.69, 9.17) is 0 Å². The molecule has 3 rings (SSSR count). The fourth-order valence-electron chi connectivity index (χ4n) is 3.17. The molecule has 1 aliphatic heterocycles. The minimum atomic E-state index is -0.703. The van der Waals surface area contributed by atoms with Crippen molar-refractivity contribution in [3.8, 4) is 5.75 Å². The number of phenols is 1. The summed E-state index contributed by atoms with van der Waals surface area (Å²) in [6.07, 6.45) is 0. The van der Waals surface area contributed by atoms with Crippen LogP contribution >= 0.6 is 0 Å². The molecule has 140 valence electrons. The lowest BCUT2D eigenvalue weighted by Gasteiger charge is -2.26. The first-order valence-corrected chi connectivity index (χ1v) is 8.67. The molecule has 1 fully saturated rings. The predicted octanol–water partition coefficient (Wildman–Crippen LogP) is 2.38. The predicted molar refractivity (Wildman–Crippen MR) is 102 cm³/mol. The van der Waals surface area contributed by atoms with E-state index in [9.17, 15) is 19.8 Å². The lowest BCUT2D eigenvalue weighted by molar-refractivity contribution is -0.140. The molecule has 6 heteroatoms. The van der Waals surface area contributed by atoms with Gasteiger partial charge in [-0.25, -0.2) is 0 Å². The molecular formula is C21H22N2O4. The van der Waals surface area contributed by atoms with Crippen molar-refractivity contribution in [3.05, 3.63) is 71.3 Å². The summed E-state index contributed by atoms with van der Waals surface area (Å²) >= 11 is 0. The van der Waals surface area contributed by atoms with Crippen molar-refractivity contribution < 1.29 is 19.8 Å². The van der Waals surface area contributed by atoms with Gasteiger partial charge in [0.25, 0.3) is 11.7 Å². The molecule has 1 amide bonds. The first kappa shape index (κ1) is 18.7. The maximum Gasteiger partial charge on any atom is 0.295 e. The minimum Gasteiger partial charge on any atom is -0.508 e. The molecule has 1 saturated heterocycles. The van der Waals surface area contributed by atoms with Gasteiger partial charge in [-0.3, -0.25) is 9.59 Å². The number of rotatable bonds is 5. The summed E-state index contributed by atoms with van der Waals surface area (Å²) in [6, 6.07) is 14.3. The van der Waals surface area contributed by atoms with Crippen molar-refractivity contribution in [2.45, 2.75) is 6.04 Å². The van der Waals surface area contributed by atoms with Crippen molar-refractivity contribution >= 4 is 17.4 Å². The Morgan fingerprint density at radius 1 is 1.04 bits per heavy atom. The van der Waals surface area contributed by atoms with E-state index >= 15 is 0 Å². The molecule has 2 N–H and O–H groups in total. The van der Waals surface area contributed by atoms with Gasteiger partial charge in [0, 0.05) is 18.7 Å². The number of likely N-dealkylation sites (tertiary alicyclic amines) is 1. The second-order valence-electron chi connectivity index (χ2n) is 6.75. The Morgan fingerprint density at radius 2 is 1.67 bits per heavy atom.